The molecule has 0 aromatic heterocycles. The second-order valence-electron chi connectivity index (χ2n) is 2.51. The Morgan fingerprint density at radius 2 is 2.25 bits per heavy atom. The number of hydrogen-bond acceptors (Lipinski definition) is 3. The summed E-state index contributed by atoms with van der Waals surface area (Å²) >= 11 is 0. The van der Waals surface area contributed by atoms with E-state index in [0.717, 1.165) is 0 Å². The molecule has 12 heavy (non-hydrogen) atoms. The van der Waals surface area contributed by atoms with Gasteiger partial charge in [0.25, 0.3) is 0 Å². The number of rotatable bonds is 2. The maximum Gasteiger partial charge on any atom is 0.491 e. The third kappa shape index (κ3) is 1.68. The number of methoxy groups -OCH3 is 1. The molecule has 3 nitrogen and oxygen atoms in total. The summed E-state index contributed by atoms with van der Waals surface area (Å²) in [6.45, 7) is 0. The Bertz CT molecular complexity index is 235. The van der Waals surface area contributed by atoms with E-state index in [-0.39, 0.29) is 11.2 Å². The number of ether oxygens (including phenoxy) is 1. The predicted octanol–water partition coefficient (Wildman–Crippen LogP) is 0.546. The average Bonchev–Trinajstić information content (AvgIpc) is 2.04. The van der Waals surface area contributed by atoms with Crippen LogP contribution < -0.4 is 0 Å². The molecule has 0 saturated carbocycles. The van der Waals surface area contributed by atoms with Crippen LogP contribution in [0.5, 0.6) is 0 Å². The average molecular weight is 172 g/mol. The summed E-state index contributed by atoms with van der Waals surface area (Å²) in [6.07, 6.45) is 2.50. The van der Waals surface area contributed by atoms with E-state index in [1.165, 1.54) is 13.2 Å². The predicted molar refractivity (Wildman–Crippen MR) is 42.7 cm³/mol. The van der Waals surface area contributed by atoms with E-state index in [4.69, 9.17) is 14.8 Å². The highest BCUT2D eigenvalue weighted by molar-refractivity contribution is 6.52. The monoisotopic (exact) mass is 172 g/mol. The van der Waals surface area contributed by atoms with Gasteiger partial charge in [-0.25, -0.2) is 4.39 Å². The smallest absolute Gasteiger partial charge is 0.491 e. The van der Waals surface area contributed by atoms with Crippen LogP contribution in [0, 0.1) is 0 Å². The summed E-state index contributed by atoms with van der Waals surface area (Å²) in [7, 11) is -0.392. The van der Waals surface area contributed by atoms with Crippen molar-refractivity contribution in [3.8, 4) is 0 Å². The van der Waals surface area contributed by atoms with Gasteiger partial charge in [0.15, 0.2) is 5.83 Å². The summed E-state index contributed by atoms with van der Waals surface area (Å²) in [5, 5.41) is 17.4. The minimum absolute atomic E-state index is 0.0990. The molecule has 2 N–H and O–H groups in total. The standard InChI is InChI=1S/C7H10BFO3/c1-12-6-4-2-3-5(7(6)9)8(10)11/h3,10-11H,2,4H2,1H3. The highest BCUT2D eigenvalue weighted by Gasteiger charge is 2.25. The first kappa shape index (κ1) is 9.28. The molecule has 0 fully saturated rings. The summed E-state index contributed by atoms with van der Waals surface area (Å²) < 4.78 is 17.9. The van der Waals surface area contributed by atoms with Crippen molar-refractivity contribution >= 4 is 7.12 Å². The minimum Gasteiger partial charge on any atom is -0.498 e. The zero-order valence-corrected chi connectivity index (χ0v) is 6.75. The Kier molecular flexibility index (Phi) is 2.89. The molecule has 0 radical (unpaired) electrons. The molecule has 5 heteroatoms. The fraction of sp³-hybridized carbons (Fsp3) is 0.429. The fourth-order valence-corrected chi connectivity index (χ4v) is 1.13. The van der Waals surface area contributed by atoms with Crippen LogP contribution in [0.2, 0.25) is 0 Å². The molecule has 1 rings (SSSR count). The quantitative estimate of drug-likeness (QED) is 0.597. The van der Waals surface area contributed by atoms with Crippen molar-refractivity contribution in [3.63, 3.8) is 0 Å². The van der Waals surface area contributed by atoms with E-state index in [9.17, 15) is 4.39 Å². The van der Waals surface area contributed by atoms with Gasteiger partial charge in [0.05, 0.1) is 7.11 Å². The van der Waals surface area contributed by atoms with E-state index in [1.807, 2.05) is 0 Å². The van der Waals surface area contributed by atoms with E-state index in [2.05, 4.69) is 0 Å². The third-order valence-electron chi connectivity index (χ3n) is 1.76. The Morgan fingerprint density at radius 1 is 1.58 bits per heavy atom. The molecule has 0 bridgehead atoms. The van der Waals surface area contributed by atoms with Crippen LogP contribution in [0.4, 0.5) is 4.39 Å². The van der Waals surface area contributed by atoms with Gasteiger partial charge in [-0.15, -0.1) is 0 Å². The van der Waals surface area contributed by atoms with Gasteiger partial charge in [0, 0.05) is 11.9 Å². The maximum atomic E-state index is 13.1. The van der Waals surface area contributed by atoms with Crippen molar-refractivity contribution in [1.82, 2.24) is 0 Å². The largest absolute Gasteiger partial charge is 0.498 e. The number of allylic oxidation sites excluding steroid dienone is 4. The Labute approximate surface area is 70.3 Å². The molecule has 0 aliphatic heterocycles. The number of hydrogen-bond donors (Lipinski definition) is 2. The fourth-order valence-electron chi connectivity index (χ4n) is 1.13. The van der Waals surface area contributed by atoms with Crippen LogP contribution in [-0.2, 0) is 4.74 Å². The summed E-state index contributed by atoms with van der Waals surface area (Å²) in [6, 6.07) is 0. The van der Waals surface area contributed by atoms with Crippen LogP contribution in [0.3, 0.4) is 0 Å². The summed E-state index contributed by atoms with van der Waals surface area (Å²) in [4.78, 5) is 0. The first-order chi connectivity index (χ1) is 5.66. The lowest BCUT2D eigenvalue weighted by Crippen LogP contribution is -2.18. The van der Waals surface area contributed by atoms with Crippen LogP contribution in [0.1, 0.15) is 12.8 Å². The lowest BCUT2D eigenvalue weighted by molar-refractivity contribution is 0.260. The molecule has 0 saturated heterocycles. The van der Waals surface area contributed by atoms with Gasteiger partial charge in [-0.05, 0) is 6.42 Å². The molecule has 0 amide bonds. The molecule has 0 unspecified atom stereocenters. The summed E-state index contributed by atoms with van der Waals surface area (Å²) in [5.74, 6) is -0.473. The molecule has 0 aromatic rings. The molecular formula is C7H10BFO3. The van der Waals surface area contributed by atoms with Gasteiger partial charge in [-0.2, -0.15) is 0 Å². The highest BCUT2D eigenvalue weighted by atomic mass is 19.1. The normalized spacial score (nSPS) is 17.5. The molecule has 0 heterocycles. The topological polar surface area (TPSA) is 49.7 Å². The van der Waals surface area contributed by atoms with Gasteiger partial charge in [0.1, 0.15) is 5.76 Å². The zero-order valence-electron chi connectivity index (χ0n) is 6.75. The molecule has 0 atom stereocenters. The number of halogens is 1. The van der Waals surface area contributed by atoms with Gasteiger partial charge >= 0.3 is 7.12 Å². The first-order valence-corrected chi connectivity index (χ1v) is 3.66. The van der Waals surface area contributed by atoms with E-state index in [1.54, 1.807) is 0 Å². The lowest BCUT2D eigenvalue weighted by atomic mass is 9.75. The minimum atomic E-state index is -1.75. The van der Waals surface area contributed by atoms with Crippen LogP contribution in [-0.4, -0.2) is 24.3 Å². The van der Waals surface area contributed by atoms with Gasteiger partial charge in [-0.1, -0.05) is 6.08 Å². The Morgan fingerprint density at radius 3 is 2.75 bits per heavy atom. The maximum absolute atomic E-state index is 13.1. The van der Waals surface area contributed by atoms with E-state index >= 15 is 0 Å². The Balaban J connectivity index is 2.89. The van der Waals surface area contributed by atoms with Crippen molar-refractivity contribution in [3.05, 3.63) is 23.1 Å². The van der Waals surface area contributed by atoms with Crippen LogP contribution >= 0.6 is 0 Å². The molecule has 1 aliphatic carbocycles. The Hall–Kier alpha value is -0.805. The molecular weight excluding hydrogens is 162 g/mol. The molecule has 66 valence electrons. The van der Waals surface area contributed by atoms with Crippen molar-refractivity contribution < 1.29 is 19.2 Å². The summed E-state index contributed by atoms with van der Waals surface area (Å²) in [5.41, 5.74) is -0.0990. The van der Waals surface area contributed by atoms with E-state index < -0.39 is 12.9 Å². The lowest BCUT2D eigenvalue weighted by Gasteiger charge is -2.14. The van der Waals surface area contributed by atoms with Gasteiger partial charge in [-0.3, -0.25) is 0 Å². The van der Waals surface area contributed by atoms with Crippen molar-refractivity contribution in [2.45, 2.75) is 12.8 Å². The highest BCUT2D eigenvalue weighted by Crippen LogP contribution is 2.26. The molecule has 0 aromatic carbocycles. The first-order valence-electron chi connectivity index (χ1n) is 3.66. The van der Waals surface area contributed by atoms with Crippen LogP contribution in [0.25, 0.3) is 0 Å². The van der Waals surface area contributed by atoms with E-state index in [0.29, 0.717) is 12.8 Å². The SMILES string of the molecule is COC1=C(F)C(B(O)O)=CCC1. The van der Waals surface area contributed by atoms with Crippen molar-refractivity contribution in [2.75, 3.05) is 7.11 Å². The van der Waals surface area contributed by atoms with Crippen molar-refractivity contribution in [2.24, 2.45) is 0 Å². The molecule has 1 aliphatic rings. The van der Waals surface area contributed by atoms with Crippen molar-refractivity contribution in [1.29, 1.82) is 0 Å². The van der Waals surface area contributed by atoms with Gasteiger partial charge in [0.2, 0.25) is 0 Å². The van der Waals surface area contributed by atoms with Gasteiger partial charge < -0.3 is 14.8 Å². The zero-order chi connectivity index (χ0) is 9.14. The second kappa shape index (κ2) is 3.73. The van der Waals surface area contributed by atoms with Crippen LogP contribution in [0.15, 0.2) is 23.1 Å². The molecule has 0 spiro atoms. The second-order valence-corrected chi connectivity index (χ2v) is 2.51. The third-order valence-corrected chi connectivity index (χ3v) is 1.76.